The Morgan fingerprint density at radius 2 is 1.75 bits per heavy atom. The molecule has 1 N–H and O–H groups in total. The van der Waals surface area contributed by atoms with Crippen LogP contribution in [0.4, 0.5) is 0 Å². The third-order valence-electron chi connectivity index (χ3n) is 9.14. The molecule has 0 aliphatic carbocycles. The topological polar surface area (TPSA) is 47.9 Å². The van der Waals surface area contributed by atoms with Crippen molar-refractivity contribution in [2.45, 2.75) is 157 Å². The summed E-state index contributed by atoms with van der Waals surface area (Å²) in [6.07, 6.45) is 9.08. The molecule has 2 aliphatic heterocycles. The molecule has 2 saturated heterocycles. The summed E-state index contributed by atoms with van der Waals surface area (Å²) in [5.41, 5.74) is 0. The fraction of sp³-hybridized carbons (Fsp3) is 0.933. The van der Waals surface area contributed by atoms with Crippen LogP contribution in [0.25, 0.3) is 0 Å². The van der Waals surface area contributed by atoms with E-state index in [-0.39, 0.29) is 35.4 Å². The SMILES string of the molecule is CC[C@@H](/C=[CH]/[Sn]([CH3])([CH3])[CH3])CC[C@@H]1O[C@]2(CC[C@H](C)[C@H](C[C@@H](C)O[Si](C)(C)C(C)(C)C)O2)C[C@H](O)[C@@H]1C. The predicted molar refractivity (Wildman–Crippen MR) is 159 cm³/mol. The van der Waals surface area contributed by atoms with Crippen molar-refractivity contribution < 1.29 is 19.0 Å². The second-order valence-electron chi connectivity index (χ2n) is 14.8. The van der Waals surface area contributed by atoms with Crippen LogP contribution in [0, 0.1) is 17.8 Å². The Hall–Kier alpha value is 0.596. The molecule has 2 fully saturated rings. The van der Waals surface area contributed by atoms with E-state index < -0.39 is 32.5 Å². The summed E-state index contributed by atoms with van der Waals surface area (Å²) in [7, 11) is -1.83. The average molecular weight is 632 g/mol. The summed E-state index contributed by atoms with van der Waals surface area (Å²) in [4.78, 5) is 7.38. The van der Waals surface area contributed by atoms with Crippen molar-refractivity contribution in [2.24, 2.45) is 17.8 Å². The van der Waals surface area contributed by atoms with Crippen molar-refractivity contribution in [1.82, 2.24) is 0 Å². The maximum atomic E-state index is 11.1. The normalized spacial score (nSPS) is 34.3. The molecular formula is C30H60O4SiSn. The zero-order valence-electron chi connectivity index (χ0n) is 25.8. The van der Waals surface area contributed by atoms with Crippen LogP contribution in [-0.4, -0.2) is 62.0 Å². The van der Waals surface area contributed by atoms with E-state index in [1.54, 1.807) is 0 Å². The molecule has 2 rings (SSSR count). The Labute approximate surface area is 229 Å². The van der Waals surface area contributed by atoms with Crippen molar-refractivity contribution in [3.05, 3.63) is 10.2 Å². The summed E-state index contributed by atoms with van der Waals surface area (Å²) in [6.45, 7) is 20.5. The van der Waals surface area contributed by atoms with E-state index >= 15 is 0 Å². The second kappa shape index (κ2) is 12.8. The molecular weight excluding hydrogens is 571 g/mol. The van der Waals surface area contributed by atoms with Crippen molar-refractivity contribution >= 4 is 26.7 Å². The molecule has 0 unspecified atom stereocenters. The molecule has 2 aliphatic rings. The van der Waals surface area contributed by atoms with Gasteiger partial charge in [0, 0.05) is 0 Å². The van der Waals surface area contributed by atoms with E-state index in [2.05, 4.69) is 86.5 Å². The van der Waals surface area contributed by atoms with Gasteiger partial charge in [0.2, 0.25) is 0 Å². The second-order valence-corrected chi connectivity index (χ2v) is 34.0. The minimum atomic E-state index is -1.91. The third kappa shape index (κ3) is 9.36. The number of hydrogen-bond donors (Lipinski definition) is 1. The fourth-order valence-corrected chi connectivity index (χ4v) is 9.28. The average Bonchev–Trinajstić information content (AvgIpc) is 2.72. The van der Waals surface area contributed by atoms with Crippen LogP contribution in [0.5, 0.6) is 0 Å². The Bertz CT molecular complexity index is 713. The first-order chi connectivity index (χ1) is 16.4. The molecule has 212 valence electrons. The monoisotopic (exact) mass is 632 g/mol. The Kier molecular flexibility index (Phi) is 11.7. The van der Waals surface area contributed by atoms with Crippen LogP contribution < -0.4 is 0 Å². The molecule has 4 nitrogen and oxygen atoms in total. The van der Waals surface area contributed by atoms with Crippen molar-refractivity contribution in [3.8, 4) is 0 Å². The molecule has 0 amide bonds. The first-order valence-electron chi connectivity index (χ1n) is 14.8. The van der Waals surface area contributed by atoms with Gasteiger partial charge < -0.3 is 4.43 Å². The van der Waals surface area contributed by atoms with Crippen LogP contribution in [0.15, 0.2) is 10.2 Å². The Morgan fingerprint density at radius 1 is 1.14 bits per heavy atom. The van der Waals surface area contributed by atoms with Crippen molar-refractivity contribution in [2.75, 3.05) is 0 Å². The first kappa shape index (κ1) is 32.8. The summed E-state index contributed by atoms with van der Waals surface area (Å²) in [6, 6.07) is 0. The maximum absolute atomic E-state index is 11.1. The summed E-state index contributed by atoms with van der Waals surface area (Å²) < 4.78 is 22.9. The molecule has 0 bridgehead atoms. The molecule has 2 heterocycles. The van der Waals surface area contributed by atoms with E-state index in [0.717, 1.165) is 38.5 Å². The van der Waals surface area contributed by atoms with Gasteiger partial charge in [0.1, 0.15) is 0 Å². The molecule has 0 aromatic carbocycles. The molecule has 8 atom stereocenters. The van der Waals surface area contributed by atoms with Gasteiger partial charge in [-0.15, -0.1) is 0 Å². The van der Waals surface area contributed by atoms with Crippen LogP contribution >= 0.6 is 0 Å². The Balaban J connectivity index is 2.07. The van der Waals surface area contributed by atoms with E-state index in [4.69, 9.17) is 13.9 Å². The number of rotatable bonds is 10. The van der Waals surface area contributed by atoms with E-state index in [1.807, 2.05) is 0 Å². The van der Waals surface area contributed by atoms with Gasteiger partial charge in [0.05, 0.1) is 0 Å². The molecule has 1 spiro atoms. The van der Waals surface area contributed by atoms with Gasteiger partial charge in [-0.1, -0.05) is 20.8 Å². The third-order valence-corrected chi connectivity index (χ3v) is 17.1. The van der Waals surface area contributed by atoms with Crippen LogP contribution in [0.2, 0.25) is 33.0 Å². The molecule has 6 heteroatoms. The van der Waals surface area contributed by atoms with Crippen LogP contribution in [0.3, 0.4) is 0 Å². The van der Waals surface area contributed by atoms with Gasteiger partial charge in [-0.05, 0) is 25.1 Å². The first-order valence-corrected chi connectivity index (χ1v) is 27.9. The molecule has 0 aromatic heterocycles. The Morgan fingerprint density at radius 3 is 2.31 bits per heavy atom. The van der Waals surface area contributed by atoms with Gasteiger partial charge in [0.25, 0.3) is 0 Å². The molecule has 0 radical (unpaired) electrons. The van der Waals surface area contributed by atoms with Gasteiger partial charge in [-0.2, -0.15) is 0 Å². The van der Waals surface area contributed by atoms with Gasteiger partial charge in [-0.25, -0.2) is 0 Å². The summed E-state index contributed by atoms with van der Waals surface area (Å²) >= 11 is -1.91. The number of hydrogen-bond acceptors (Lipinski definition) is 4. The quantitative estimate of drug-likeness (QED) is 0.247. The molecule has 0 saturated carbocycles. The van der Waals surface area contributed by atoms with Crippen LogP contribution in [-0.2, 0) is 13.9 Å². The number of ether oxygens (including phenoxy) is 2. The van der Waals surface area contributed by atoms with Gasteiger partial charge in [0.15, 0.2) is 8.32 Å². The zero-order chi connectivity index (χ0) is 27.5. The minimum absolute atomic E-state index is 0.0457. The molecule has 0 aromatic rings. The van der Waals surface area contributed by atoms with Gasteiger partial charge in [-0.3, -0.25) is 0 Å². The fourth-order valence-electron chi connectivity index (χ4n) is 5.40. The zero-order valence-corrected chi connectivity index (χ0v) is 29.7. The van der Waals surface area contributed by atoms with E-state index in [9.17, 15) is 5.11 Å². The van der Waals surface area contributed by atoms with E-state index in [0.29, 0.717) is 18.3 Å². The summed E-state index contributed by atoms with van der Waals surface area (Å²) in [5.74, 6) is 0.559. The summed E-state index contributed by atoms with van der Waals surface area (Å²) in [5, 5.41) is 11.3. The van der Waals surface area contributed by atoms with Gasteiger partial charge >= 0.3 is 172 Å². The number of aliphatic hydroxyl groups excluding tert-OH is 1. The predicted octanol–water partition coefficient (Wildman–Crippen LogP) is 8.32. The molecule has 36 heavy (non-hydrogen) atoms. The standard InChI is InChI=1S/C27H51O4Si.3CH3.Sn/c1-11-22(12-2)13-14-24-21(5)23(28)18-27(29-24)16-15-19(3)25(30-27)17-20(4)31-32(9,10)26(6,7)8;;;;/h1,11,19-25,28H,12-18H2,2-10H3;3*1H3;/t19-,20+,21-,22+,23-,24-,25-,27-;;;;/m0..../s1. The van der Waals surface area contributed by atoms with Crippen LogP contribution in [0.1, 0.15) is 93.4 Å². The van der Waals surface area contributed by atoms with Crippen molar-refractivity contribution in [1.29, 1.82) is 0 Å². The number of aliphatic hydroxyl groups is 1. The van der Waals surface area contributed by atoms with Crippen molar-refractivity contribution in [3.63, 3.8) is 0 Å². The number of allylic oxidation sites excluding steroid dienone is 1. The van der Waals surface area contributed by atoms with E-state index in [1.165, 1.54) is 0 Å².